The van der Waals surface area contributed by atoms with Gasteiger partial charge in [0.25, 0.3) is 0 Å². The monoisotopic (exact) mass is 596 g/mol. The van der Waals surface area contributed by atoms with E-state index >= 15 is 0 Å². The number of fused-ring (bicyclic) bond motifs is 1. The molecule has 3 aromatic carbocycles. The van der Waals surface area contributed by atoms with Gasteiger partial charge in [0.15, 0.2) is 16.6 Å². The molecule has 1 N–H and O–H groups in total. The molecule has 0 radical (unpaired) electrons. The molecule has 2 aromatic heterocycles. The maximum Gasteiger partial charge on any atom is 0.226 e. The third-order valence-corrected chi connectivity index (χ3v) is 8.26. The molecule has 0 saturated heterocycles. The van der Waals surface area contributed by atoms with Gasteiger partial charge in [0.1, 0.15) is 16.8 Å². The first-order valence-corrected chi connectivity index (χ1v) is 15.0. The lowest BCUT2D eigenvalue weighted by molar-refractivity contribution is -0.115. The van der Waals surface area contributed by atoms with Gasteiger partial charge < -0.3 is 19.5 Å². The average molecular weight is 597 g/mol. The number of nitrogens with zero attached hydrogens (tertiary/aromatic N) is 3. The number of para-hydroxylation sites is 1. The minimum atomic E-state index is -0.168. The number of rotatable bonds is 11. The molecule has 5 aromatic rings. The number of hydrogen-bond acceptors (Lipinski definition) is 9. The second-order valence-electron chi connectivity index (χ2n) is 8.98. The maximum atomic E-state index is 12.8. The van der Waals surface area contributed by atoms with E-state index in [1.165, 1.54) is 23.1 Å². The highest BCUT2D eigenvalue weighted by Crippen LogP contribution is 2.42. The third kappa shape index (κ3) is 6.33. The fourth-order valence-electron chi connectivity index (χ4n) is 4.44. The number of aromatic nitrogens is 2. The maximum absolute atomic E-state index is 12.8. The Morgan fingerprint density at radius 2 is 1.83 bits per heavy atom. The molecule has 1 amide bonds. The number of hydrogen-bond donors (Lipinski definition) is 1. The van der Waals surface area contributed by atoms with Crippen molar-refractivity contribution < 1.29 is 19.0 Å². The number of thiazole rings is 1. The van der Waals surface area contributed by atoms with E-state index in [1.54, 1.807) is 14.2 Å². The molecule has 5 rings (SSSR count). The molecule has 0 fully saturated rings. The molecule has 0 aliphatic rings. The summed E-state index contributed by atoms with van der Waals surface area (Å²) in [5.41, 5.74) is 4.22. The number of pyridine rings is 1. The Labute approximate surface area is 252 Å². The highest BCUT2D eigenvalue weighted by Gasteiger charge is 2.21. The Bertz CT molecular complexity index is 1770. The molecule has 10 heteroatoms. The Kier molecular flexibility index (Phi) is 9.21. The lowest BCUT2D eigenvalue weighted by Crippen LogP contribution is -2.12. The van der Waals surface area contributed by atoms with Crippen molar-refractivity contribution >= 4 is 44.4 Å². The summed E-state index contributed by atoms with van der Waals surface area (Å²) in [5.74, 6) is 2.11. The van der Waals surface area contributed by atoms with Crippen LogP contribution >= 0.6 is 23.1 Å². The van der Waals surface area contributed by atoms with Crippen LogP contribution in [0.3, 0.4) is 0 Å². The van der Waals surface area contributed by atoms with Gasteiger partial charge in [0.05, 0.1) is 42.3 Å². The summed E-state index contributed by atoms with van der Waals surface area (Å²) in [6, 6.07) is 25.2. The van der Waals surface area contributed by atoms with E-state index in [0.29, 0.717) is 50.8 Å². The van der Waals surface area contributed by atoms with Gasteiger partial charge in [0.2, 0.25) is 5.91 Å². The van der Waals surface area contributed by atoms with Crippen molar-refractivity contribution in [2.24, 2.45) is 0 Å². The van der Waals surface area contributed by atoms with Crippen LogP contribution in [0.4, 0.5) is 5.13 Å². The van der Waals surface area contributed by atoms with Crippen molar-refractivity contribution in [1.82, 2.24) is 9.97 Å². The van der Waals surface area contributed by atoms with E-state index < -0.39 is 0 Å². The van der Waals surface area contributed by atoms with Gasteiger partial charge in [0, 0.05) is 28.9 Å². The fraction of sp³-hybridized carbons (Fsp3) is 0.188. The number of thioether (sulfide) groups is 1. The number of nitriles is 1. The zero-order chi connectivity index (χ0) is 29.5. The number of carbonyl (C=O) groups excluding carboxylic acids is 1. The zero-order valence-corrected chi connectivity index (χ0v) is 25.0. The van der Waals surface area contributed by atoms with Crippen LogP contribution in [0.5, 0.6) is 17.2 Å². The minimum Gasteiger partial charge on any atom is -0.494 e. The van der Waals surface area contributed by atoms with Crippen LogP contribution < -0.4 is 19.5 Å². The second-order valence-corrected chi connectivity index (χ2v) is 11.1. The second kappa shape index (κ2) is 13.4. The van der Waals surface area contributed by atoms with Crippen LogP contribution in [0.25, 0.3) is 32.6 Å². The van der Waals surface area contributed by atoms with Crippen LogP contribution in [-0.2, 0) is 4.79 Å². The Balaban J connectivity index is 1.40. The molecular formula is C32H28N4O4S2. The molecule has 0 aliphatic carbocycles. The van der Waals surface area contributed by atoms with Crippen molar-refractivity contribution in [3.05, 3.63) is 78.4 Å². The highest BCUT2D eigenvalue weighted by molar-refractivity contribution is 7.99. The molecule has 212 valence electrons. The fourth-order valence-corrected chi connectivity index (χ4v) is 6.29. The van der Waals surface area contributed by atoms with Crippen LogP contribution in [0, 0.1) is 11.3 Å². The molecule has 0 unspecified atom stereocenters. The molecule has 0 spiro atoms. The predicted octanol–water partition coefficient (Wildman–Crippen LogP) is 7.43. The molecule has 0 saturated carbocycles. The van der Waals surface area contributed by atoms with Gasteiger partial charge in [-0.2, -0.15) is 5.26 Å². The lowest BCUT2D eigenvalue weighted by atomic mass is 9.98. The number of benzene rings is 3. The molecule has 2 heterocycles. The topological polar surface area (TPSA) is 106 Å². The van der Waals surface area contributed by atoms with E-state index in [9.17, 15) is 10.1 Å². The average Bonchev–Trinajstić information content (AvgIpc) is 3.42. The van der Waals surface area contributed by atoms with Gasteiger partial charge in [-0.05, 0) is 37.3 Å². The molecule has 8 nitrogen and oxygen atoms in total. The summed E-state index contributed by atoms with van der Waals surface area (Å²) in [5, 5.41) is 14.2. The Morgan fingerprint density at radius 1 is 1.00 bits per heavy atom. The number of methoxy groups -OCH3 is 2. The standard InChI is InChI=1S/C32H28N4O4S2/c1-4-40-21-13-14-25-28(17-21)42-32(35-25)36-29(37)15-16-41-31-24(19-33)23(18-26(34-31)20-9-6-5-7-10-20)22-11-8-12-27(38-2)30(22)39-3/h5-14,17-18H,4,15-16H2,1-3H3,(H,35,36,37). The highest BCUT2D eigenvalue weighted by atomic mass is 32.2. The van der Waals surface area contributed by atoms with Crippen molar-refractivity contribution in [2.75, 3.05) is 31.9 Å². The van der Waals surface area contributed by atoms with Crippen molar-refractivity contribution in [3.8, 4) is 45.7 Å². The van der Waals surface area contributed by atoms with Gasteiger partial charge in [-0.3, -0.25) is 4.79 Å². The van der Waals surface area contributed by atoms with Crippen LogP contribution in [0.15, 0.2) is 77.8 Å². The van der Waals surface area contributed by atoms with E-state index in [2.05, 4.69) is 16.4 Å². The largest absolute Gasteiger partial charge is 0.494 e. The van der Waals surface area contributed by atoms with E-state index in [4.69, 9.17) is 19.2 Å². The molecule has 0 atom stereocenters. The normalized spacial score (nSPS) is 10.7. The summed E-state index contributed by atoms with van der Waals surface area (Å²) in [7, 11) is 3.15. The summed E-state index contributed by atoms with van der Waals surface area (Å²) in [4.78, 5) is 22.2. The first-order valence-electron chi connectivity index (χ1n) is 13.2. The SMILES string of the molecule is CCOc1ccc2nc(NC(=O)CCSc3nc(-c4ccccc4)cc(-c4cccc(OC)c4OC)c3C#N)sc2c1. The number of amides is 1. The summed E-state index contributed by atoms with van der Waals surface area (Å²) in [6.45, 7) is 2.51. The van der Waals surface area contributed by atoms with E-state index in [-0.39, 0.29) is 12.3 Å². The number of carbonyl (C=O) groups is 1. The summed E-state index contributed by atoms with van der Waals surface area (Å²) >= 11 is 2.76. The number of nitrogens with one attached hydrogen (secondary N) is 1. The van der Waals surface area contributed by atoms with Crippen molar-refractivity contribution in [3.63, 3.8) is 0 Å². The lowest BCUT2D eigenvalue weighted by Gasteiger charge is -2.16. The van der Waals surface area contributed by atoms with Crippen LogP contribution in [-0.4, -0.2) is 42.5 Å². The Morgan fingerprint density at radius 3 is 2.57 bits per heavy atom. The molecule has 0 bridgehead atoms. The first kappa shape index (κ1) is 28.9. The number of anilines is 1. The van der Waals surface area contributed by atoms with E-state index in [0.717, 1.165) is 27.1 Å². The van der Waals surface area contributed by atoms with Crippen LogP contribution in [0.1, 0.15) is 18.9 Å². The van der Waals surface area contributed by atoms with E-state index in [1.807, 2.05) is 79.7 Å². The van der Waals surface area contributed by atoms with Gasteiger partial charge in [-0.15, -0.1) is 11.8 Å². The first-order chi connectivity index (χ1) is 20.5. The molecule has 0 aliphatic heterocycles. The summed E-state index contributed by atoms with van der Waals surface area (Å²) in [6.07, 6.45) is 0.213. The smallest absolute Gasteiger partial charge is 0.226 e. The third-order valence-electron chi connectivity index (χ3n) is 6.35. The molecular weight excluding hydrogens is 569 g/mol. The van der Waals surface area contributed by atoms with Gasteiger partial charge >= 0.3 is 0 Å². The van der Waals surface area contributed by atoms with Crippen molar-refractivity contribution in [2.45, 2.75) is 18.4 Å². The van der Waals surface area contributed by atoms with Gasteiger partial charge in [-0.1, -0.05) is 53.8 Å². The van der Waals surface area contributed by atoms with Crippen molar-refractivity contribution in [1.29, 1.82) is 5.26 Å². The van der Waals surface area contributed by atoms with Gasteiger partial charge in [-0.25, -0.2) is 9.97 Å². The summed E-state index contributed by atoms with van der Waals surface area (Å²) < 4.78 is 17.7. The number of ether oxygens (including phenoxy) is 3. The predicted molar refractivity (Wildman–Crippen MR) is 168 cm³/mol. The quantitative estimate of drug-likeness (QED) is 0.157. The zero-order valence-electron chi connectivity index (χ0n) is 23.3. The minimum absolute atomic E-state index is 0.168. The Hall–Kier alpha value is -4.59. The van der Waals surface area contributed by atoms with Crippen LogP contribution in [0.2, 0.25) is 0 Å². The molecule has 42 heavy (non-hydrogen) atoms.